The molecule has 0 unspecified atom stereocenters. The fourth-order valence-electron chi connectivity index (χ4n) is 8.04. The zero-order chi connectivity index (χ0) is 19.4. The summed E-state index contributed by atoms with van der Waals surface area (Å²) in [5, 5.41) is 10.2. The van der Waals surface area contributed by atoms with E-state index >= 15 is 0 Å². The van der Waals surface area contributed by atoms with E-state index in [4.69, 9.17) is 4.74 Å². The molecule has 8 atom stereocenters. The van der Waals surface area contributed by atoms with Crippen LogP contribution in [0, 0.1) is 40.4 Å². The molecule has 1 N–H and O–H groups in total. The molecular formula is C23H36O4. The molecule has 0 aromatic heterocycles. The highest BCUT2D eigenvalue weighted by atomic mass is 16.5. The number of rotatable bonds is 3. The van der Waals surface area contributed by atoms with Gasteiger partial charge in [0.05, 0.1) is 6.10 Å². The molecule has 4 fully saturated rings. The maximum Gasteiger partial charge on any atom is 0.303 e. The SMILES string of the molecule is CC(=O)OCC(=O)[C@H]1CC[C@@H]2[C@@H]3CC[C@@H]4C[C@@H](O)CC[C@]4(C)[C@@H]3CC[C@]12C. The van der Waals surface area contributed by atoms with E-state index in [1.165, 1.54) is 26.2 Å². The first-order valence-corrected chi connectivity index (χ1v) is 11.1. The lowest BCUT2D eigenvalue weighted by Gasteiger charge is -2.60. The van der Waals surface area contributed by atoms with Crippen LogP contribution in [0.1, 0.15) is 78.6 Å². The van der Waals surface area contributed by atoms with Gasteiger partial charge in [0.2, 0.25) is 0 Å². The van der Waals surface area contributed by atoms with Gasteiger partial charge >= 0.3 is 5.97 Å². The first-order chi connectivity index (χ1) is 12.8. The maximum absolute atomic E-state index is 12.8. The van der Waals surface area contributed by atoms with Gasteiger partial charge in [-0.25, -0.2) is 0 Å². The Kier molecular flexibility index (Phi) is 4.93. The van der Waals surface area contributed by atoms with Gasteiger partial charge in [0, 0.05) is 12.8 Å². The molecule has 152 valence electrons. The molecule has 4 saturated carbocycles. The molecule has 27 heavy (non-hydrogen) atoms. The van der Waals surface area contributed by atoms with Crippen molar-refractivity contribution in [1.29, 1.82) is 0 Å². The van der Waals surface area contributed by atoms with E-state index in [9.17, 15) is 14.7 Å². The molecule has 4 heteroatoms. The van der Waals surface area contributed by atoms with Gasteiger partial charge in [-0.15, -0.1) is 0 Å². The van der Waals surface area contributed by atoms with Crippen molar-refractivity contribution >= 4 is 11.8 Å². The lowest BCUT2D eigenvalue weighted by atomic mass is 9.44. The molecule has 0 heterocycles. The van der Waals surface area contributed by atoms with Crippen molar-refractivity contribution in [2.45, 2.75) is 84.7 Å². The van der Waals surface area contributed by atoms with E-state index in [0.29, 0.717) is 17.3 Å². The number of Topliss-reactive ketones (excluding diaryl/α,β-unsaturated/α-hetero) is 1. The quantitative estimate of drug-likeness (QED) is 0.752. The summed E-state index contributed by atoms with van der Waals surface area (Å²) in [5.41, 5.74) is 0.457. The molecule has 0 aromatic carbocycles. The second-order valence-electron chi connectivity index (χ2n) is 10.5. The van der Waals surface area contributed by atoms with Crippen LogP contribution in [0.15, 0.2) is 0 Å². The normalized spacial score (nSPS) is 48.9. The zero-order valence-corrected chi connectivity index (χ0v) is 17.2. The third-order valence-corrected chi connectivity index (χ3v) is 9.44. The molecule has 4 rings (SSSR count). The fraction of sp³-hybridized carbons (Fsp3) is 0.913. The van der Waals surface area contributed by atoms with Gasteiger partial charge in [0.15, 0.2) is 5.78 Å². The summed E-state index contributed by atoms with van der Waals surface area (Å²) >= 11 is 0. The number of fused-ring (bicyclic) bond motifs is 5. The summed E-state index contributed by atoms with van der Waals surface area (Å²) < 4.78 is 5.03. The topological polar surface area (TPSA) is 63.6 Å². The number of ether oxygens (including phenoxy) is 1. The van der Waals surface area contributed by atoms with Crippen molar-refractivity contribution in [3.05, 3.63) is 0 Å². The lowest BCUT2D eigenvalue weighted by molar-refractivity contribution is -0.151. The van der Waals surface area contributed by atoms with E-state index in [0.717, 1.165) is 50.4 Å². The van der Waals surface area contributed by atoms with E-state index in [2.05, 4.69) is 13.8 Å². The smallest absolute Gasteiger partial charge is 0.303 e. The van der Waals surface area contributed by atoms with Crippen LogP contribution >= 0.6 is 0 Å². The van der Waals surface area contributed by atoms with Gasteiger partial charge in [0.1, 0.15) is 6.61 Å². The van der Waals surface area contributed by atoms with E-state index in [-0.39, 0.29) is 35.8 Å². The molecule has 0 amide bonds. The number of esters is 1. The Morgan fingerprint density at radius 3 is 2.41 bits per heavy atom. The molecule has 0 bridgehead atoms. The summed E-state index contributed by atoms with van der Waals surface area (Å²) in [7, 11) is 0. The molecule has 0 saturated heterocycles. The standard InChI is InChI=1S/C23H36O4/c1-14(24)27-13-21(26)20-7-6-18-17-5-4-15-12-16(25)8-10-22(15,2)19(17)9-11-23(18,20)3/h15-20,25H,4-13H2,1-3H3/t15-,16+,17+,18-,19-,20-,22+,23+/m1/s1. The van der Waals surface area contributed by atoms with Crippen molar-refractivity contribution in [3.8, 4) is 0 Å². The van der Waals surface area contributed by atoms with Gasteiger partial charge < -0.3 is 9.84 Å². The van der Waals surface area contributed by atoms with Crippen molar-refractivity contribution in [1.82, 2.24) is 0 Å². The average Bonchev–Trinajstić information content (AvgIpc) is 2.97. The second-order valence-corrected chi connectivity index (χ2v) is 10.5. The molecule has 0 aliphatic heterocycles. The molecule has 0 spiro atoms. The fourth-order valence-corrected chi connectivity index (χ4v) is 8.04. The number of ketones is 1. The highest BCUT2D eigenvalue weighted by Gasteiger charge is 2.61. The Hall–Kier alpha value is -0.900. The van der Waals surface area contributed by atoms with Gasteiger partial charge in [-0.3, -0.25) is 9.59 Å². The van der Waals surface area contributed by atoms with Crippen LogP contribution < -0.4 is 0 Å². The summed E-state index contributed by atoms with van der Waals surface area (Å²) in [4.78, 5) is 23.9. The van der Waals surface area contributed by atoms with Crippen LogP contribution in [0.25, 0.3) is 0 Å². The number of carbonyl (C=O) groups excluding carboxylic acids is 2. The number of hydrogen-bond acceptors (Lipinski definition) is 4. The molecule has 4 nitrogen and oxygen atoms in total. The highest BCUT2D eigenvalue weighted by Crippen LogP contribution is 2.67. The van der Waals surface area contributed by atoms with Crippen LogP contribution in [0.4, 0.5) is 0 Å². The Balaban J connectivity index is 1.52. The predicted molar refractivity (Wildman–Crippen MR) is 103 cm³/mol. The van der Waals surface area contributed by atoms with Crippen LogP contribution in [0.3, 0.4) is 0 Å². The van der Waals surface area contributed by atoms with E-state index in [1.807, 2.05) is 0 Å². The Bertz CT molecular complexity index is 615. The Morgan fingerprint density at radius 1 is 0.963 bits per heavy atom. The van der Waals surface area contributed by atoms with E-state index in [1.54, 1.807) is 0 Å². The van der Waals surface area contributed by atoms with Crippen molar-refractivity contribution < 1.29 is 19.4 Å². The highest BCUT2D eigenvalue weighted by molar-refractivity contribution is 5.85. The summed E-state index contributed by atoms with van der Waals surface area (Å²) in [5.74, 6) is 2.62. The molecule has 0 aromatic rings. The van der Waals surface area contributed by atoms with Gasteiger partial charge in [0.25, 0.3) is 0 Å². The van der Waals surface area contributed by atoms with Gasteiger partial charge in [-0.1, -0.05) is 13.8 Å². The number of aliphatic hydroxyl groups excluding tert-OH is 1. The summed E-state index contributed by atoms with van der Waals surface area (Å²) in [6.45, 7) is 6.17. The third-order valence-electron chi connectivity index (χ3n) is 9.44. The van der Waals surface area contributed by atoms with Crippen LogP contribution in [-0.4, -0.2) is 29.6 Å². The van der Waals surface area contributed by atoms with Crippen LogP contribution in [-0.2, 0) is 14.3 Å². The monoisotopic (exact) mass is 376 g/mol. The number of carbonyl (C=O) groups is 2. The minimum absolute atomic E-state index is 0.0475. The lowest BCUT2D eigenvalue weighted by Crippen LogP contribution is -2.54. The third kappa shape index (κ3) is 3.07. The first kappa shape index (κ1) is 19.4. The maximum atomic E-state index is 12.8. The zero-order valence-electron chi connectivity index (χ0n) is 17.2. The minimum atomic E-state index is -0.363. The molecule has 0 radical (unpaired) electrons. The van der Waals surface area contributed by atoms with Gasteiger partial charge in [-0.2, -0.15) is 0 Å². The summed E-state index contributed by atoms with van der Waals surface area (Å²) in [6, 6.07) is 0. The van der Waals surface area contributed by atoms with Crippen LogP contribution in [0.5, 0.6) is 0 Å². The minimum Gasteiger partial charge on any atom is -0.458 e. The van der Waals surface area contributed by atoms with E-state index < -0.39 is 0 Å². The Labute approximate surface area is 163 Å². The second kappa shape index (κ2) is 6.86. The number of aliphatic hydroxyl groups is 1. The average molecular weight is 377 g/mol. The summed E-state index contributed by atoms with van der Waals surface area (Å²) in [6.07, 6.45) is 9.99. The predicted octanol–water partition coefficient (Wildman–Crippen LogP) is 4.14. The Morgan fingerprint density at radius 2 is 1.67 bits per heavy atom. The number of hydrogen-bond donors (Lipinski definition) is 1. The molecule has 4 aliphatic rings. The van der Waals surface area contributed by atoms with Crippen LogP contribution in [0.2, 0.25) is 0 Å². The van der Waals surface area contributed by atoms with Crippen molar-refractivity contribution in [3.63, 3.8) is 0 Å². The largest absolute Gasteiger partial charge is 0.458 e. The molecular weight excluding hydrogens is 340 g/mol. The van der Waals surface area contributed by atoms with Crippen molar-refractivity contribution in [2.24, 2.45) is 40.4 Å². The first-order valence-electron chi connectivity index (χ1n) is 11.1. The van der Waals surface area contributed by atoms with Crippen molar-refractivity contribution in [2.75, 3.05) is 6.61 Å². The van der Waals surface area contributed by atoms with Gasteiger partial charge in [-0.05, 0) is 92.3 Å². The molecule has 4 aliphatic carbocycles.